The van der Waals surface area contributed by atoms with Crippen molar-refractivity contribution >= 4 is 26.8 Å². The summed E-state index contributed by atoms with van der Waals surface area (Å²) in [4.78, 5) is 11.4. The number of aromatic hydroxyl groups is 1. The number of rotatable bonds is 0. The molecule has 0 spiro atoms. The van der Waals surface area contributed by atoms with E-state index in [0.717, 1.165) is 15.4 Å². The molecule has 14 heavy (non-hydrogen) atoms. The van der Waals surface area contributed by atoms with Gasteiger partial charge in [-0.2, -0.15) is 0 Å². The SMILES string of the molecule is Cn1c(=O)c(O)cc2cc(Br)ccc21. The van der Waals surface area contributed by atoms with Crippen LogP contribution in [0.15, 0.2) is 33.5 Å². The fourth-order valence-corrected chi connectivity index (χ4v) is 1.82. The van der Waals surface area contributed by atoms with Gasteiger partial charge < -0.3 is 9.67 Å². The third-order valence-corrected chi connectivity index (χ3v) is 2.66. The third kappa shape index (κ3) is 1.32. The lowest BCUT2D eigenvalue weighted by molar-refractivity contribution is 0.463. The van der Waals surface area contributed by atoms with Crippen LogP contribution in [0.1, 0.15) is 0 Å². The van der Waals surface area contributed by atoms with Crippen LogP contribution < -0.4 is 5.56 Å². The summed E-state index contributed by atoms with van der Waals surface area (Å²) in [5.74, 6) is -0.224. The summed E-state index contributed by atoms with van der Waals surface area (Å²) < 4.78 is 2.35. The van der Waals surface area contributed by atoms with Crippen LogP contribution >= 0.6 is 15.9 Å². The Labute approximate surface area is 88.7 Å². The lowest BCUT2D eigenvalue weighted by atomic mass is 10.2. The van der Waals surface area contributed by atoms with E-state index < -0.39 is 0 Å². The van der Waals surface area contributed by atoms with Gasteiger partial charge in [0.1, 0.15) is 0 Å². The van der Waals surface area contributed by atoms with Crippen LogP contribution in [0.25, 0.3) is 10.9 Å². The first-order chi connectivity index (χ1) is 6.59. The van der Waals surface area contributed by atoms with E-state index in [1.54, 1.807) is 7.05 Å². The molecule has 0 saturated carbocycles. The molecule has 0 amide bonds. The summed E-state index contributed by atoms with van der Waals surface area (Å²) in [6, 6.07) is 7.02. The van der Waals surface area contributed by atoms with Crippen LogP contribution in [0.2, 0.25) is 0 Å². The number of hydrogen-bond donors (Lipinski definition) is 1. The topological polar surface area (TPSA) is 42.2 Å². The first kappa shape index (κ1) is 9.27. The highest BCUT2D eigenvalue weighted by molar-refractivity contribution is 9.10. The van der Waals surface area contributed by atoms with Gasteiger partial charge in [-0.05, 0) is 24.3 Å². The molecule has 0 aliphatic heterocycles. The van der Waals surface area contributed by atoms with E-state index in [1.807, 2.05) is 18.2 Å². The second-order valence-electron chi connectivity index (χ2n) is 3.10. The molecular formula is C10H8BrNO2. The molecule has 0 radical (unpaired) electrons. The largest absolute Gasteiger partial charge is 0.503 e. The smallest absolute Gasteiger partial charge is 0.292 e. The molecule has 0 unspecified atom stereocenters. The van der Waals surface area contributed by atoms with Crippen molar-refractivity contribution < 1.29 is 5.11 Å². The summed E-state index contributed by atoms with van der Waals surface area (Å²) in [5.41, 5.74) is 0.427. The number of aryl methyl sites for hydroxylation is 1. The van der Waals surface area contributed by atoms with E-state index >= 15 is 0 Å². The van der Waals surface area contributed by atoms with E-state index in [9.17, 15) is 9.90 Å². The van der Waals surface area contributed by atoms with Gasteiger partial charge in [0, 0.05) is 16.9 Å². The Morgan fingerprint density at radius 3 is 2.79 bits per heavy atom. The van der Waals surface area contributed by atoms with Crippen molar-refractivity contribution in [3.05, 3.63) is 39.1 Å². The molecule has 0 bridgehead atoms. The zero-order valence-corrected chi connectivity index (χ0v) is 9.08. The minimum atomic E-state index is -0.375. The molecule has 0 aliphatic carbocycles. The lowest BCUT2D eigenvalue weighted by Gasteiger charge is -2.05. The minimum absolute atomic E-state index is 0.224. The lowest BCUT2D eigenvalue weighted by Crippen LogP contribution is -2.15. The molecule has 2 aromatic rings. The van der Waals surface area contributed by atoms with Crippen LogP contribution in [0.4, 0.5) is 0 Å². The van der Waals surface area contributed by atoms with Gasteiger partial charge in [-0.15, -0.1) is 0 Å². The van der Waals surface area contributed by atoms with E-state index in [4.69, 9.17) is 0 Å². The average molecular weight is 254 g/mol. The van der Waals surface area contributed by atoms with Gasteiger partial charge >= 0.3 is 0 Å². The molecule has 3 nitrogen and oxygen atoms in total. The third-order valence-electron chi connectivity index (χ3n) is 2.17. The van der Waals surface area contributed by atoms with Crippen molar-refractivity contribution in [1.82, 2.24) is 4.57 Å². The summed E-state index contributed by atoms with van der Waals surface area (Å²) >= 11 is 3.33. The number of pyridine rings is 1. The maximum atomic E-state index is 11.4. The van der Waals surface area contributed by atoms with E-state index in [1.165, 1.54) is 10.6 Å². The van der Waals surface area contributed by atoms with Crippen LogP contribution in [0.3, 0.4) is 0 Å². The van der Waals surface area contributed by atoms with E-state index in [-0.39, 0.29) is 11.3 Å². The summed E-state index contributed by atoms with van der Waals surface area (Å²) in [7, 11) is 1.64. The number of nitrogens with zero attached hydrogens (tertiary/aromatic N) is 1. The Bertz CT molecular complexity index is 560. The molecule has 0 atom stereocenters. The number of benzene rings is 1. The van der Waals surface area contributed by atoms with Crippen molar-refractivity contribution in [2.45, 2.75) is 0 Å². The average Bonchev–Trinajstić information content (AvgIpc) is 2.14. The molecule has 0 saturated heterocycles. The number of halogens is 1. The molecular weight excluding hydrogens is 246 g/mol. The fraction of sp³-hybridized carbons (Fsp3) is 0.100. The van der Waals surface area contributed by atoms with E-state index in [0.29, 0.717) is 0 Å². The molecule has 1 aromatic carbocycles. The van der Waals surface area contributed by atoms with Crippen molar-refractivity contribution in [2.75, 3.05) is 0 Å². The Kier molecular flexibility index (Phi) is 2.07. The first-order valence-electron chi connectivity index (χ1n) is 4.08. The van der Waals surface area contributed by atoms with Crippen molar-refractivity contribution in [3.63, 3.8) is 0 Å². The highest BCUT2D eigenvalue weighted by atomic mass is 79.9. The standard InChI is InChI=1S/C10H8BrNO2/c1-12-8-3-2-7(11)4-6(8)5-9(13)10(12)14/h2-5,13H,1H3. The molecule has 4 heteroatoms. The molecule has 1 N–H and O–H groups in total. The highest BCUT2D eigenvalue weighted by Crippen LogP contribution is 2.20. The maximum absolute atomic E-state index is 11.4. The zero-order chi connectivity index (χ0) is 10.3. The number of hydrogen-bond acceptors (Lipinski definition) is 2. The van der Waals surface area contributed by atoms with Gasteiger partial charge in [0.05, 0.1) is 5.52 Å². The monoisotopic (exact) mass is 253 g/mol. The molecule has 72 valence electrons. The van der Waals surface area contributed by atoms with Gasteiger partial charge in [0.15, 0.2) is 5.75 Å². The van der Waals surface area contributed by atoms with Crippen molar-refractivity contribution in [3.8, 4) is 5.75 Å². The molecule has 0 aliphatic rings. The van der Waals surface area contributed by atoms with Crippen LogP contribution in [0.5, 0.6) is 5.75 Å². The van der Waals surface area contributed by atoms with Gasteiger partial charge in [-0.1, -0.05) is 15.9 Å². The second kappa shape index (κ2) is 3.13. The molecule has 0 fully saturated rings. The zero-order valence-electron chi connectivity index (χ0n) is 7.49. The molecule has 2 rings (SSSR count). The first-order valence-corrected chi connectivity index (χ1v) is 4.87. The molecule has 1 aromatic heterocycles. The van der Waals surface area contributed by atoms with Crippen LogP contribution in [-0.4, -0.2) is 9.67 Å². The number of aromatic nitrogens is 1. The Morgan fingerprint density at radius 2 is 2.07 bits per heavy atom. The van der Waals surface area contributed by atoms with E-state index in [2.05, 4.69) is 15.9 Å². The Balaban J connectivity index is 2.98. The van der Waals surface area contributed by atoms with Crippen molar-refractivity contribution in [1.29, 1.82) is 0 Å². The summed E-state index contributed by atoms with van der Waals surface area (Å²) in [6.07, 6.45) is 0. The predicted molar refractivity (Wildman–Crippen MR) is 58.6 cm³/mol. The van der Waals surface area contributed by atoms with Crippen molar-refractivity contribution in [2.24, 2.45) is 7.05 Å². The quantitative estimate of drug-likeness (QED) is 0.781. The van der Waals surface area contributed by atoms with Gasteiger partial charge in [-0.3, -0.25) is 4.79 Å². The Hall–Kier alpha value is -1.29. The van der Waals surface area contributed by atoms with Gasteiger partial charge in [0.25, 0.3) is 5.56 Å². The summed E-state index contributed by atoms with van der Waals surface area (Å²) in [5, 5.41) is 10.2. The van der Waals surface area contributed by atoms with Gasteiger partial charge in [0.2, 0.25) is 0 Å². The van der Waals surface area contributed by atoms with Gasteiger partial charge in [-0.25, -0.2) is 0 Å². The Morgan fingerprint density at radius 1 is 1.36 bits per heavy atom. The van der Waals surface area contributed by atoms with Crippen LogP contribution in [-0.2, 0) is 7.05 Å². The minimum Gasteiger partial charge on any atom is -0.503 e. The highest BCUT2D eigenvalue weighted by Gasteiger charge is 2.04. The fourth-order valence-electron chi connectivity index (χ4n) is 1.44. The number of fused-ring (bicyclic) bond motifs is 1. The predicted octanol–water partition coefficient (Wildman–Crippen LogP) is 2.01. The molecule has 1 heterocycles. The van der Waals surface area contributed by atoms with Crippen LogP contribution in [0, 0.1) is 0 Å². The normalized spacial score (nSPS) is 10.7. The maximum Gasteiger partial charge on any atom is 0.292 e. The second-order valence-corrected chi connectivity index (χ2v) is 4.01. The summed E-state index contributed by atoms with van der Waals surface area (Å²) in [6.45, 7) is 0.